The van der Waals surface area contributed by atoms with Crippen LogP contribution in [-0.2, 0) is 6.54 Å². The number of hydrogen-bond acceptors (Lipinski definition) is 3. The summed E-state index contributed by atoms with van der Waals surface area (Å²) in [6, 6.07) is 16.1. The topological polar surface area (TPSA) is 47.3 Å². The quantitative estimate of drug-likeness (QED) is 0.886. The molecule has 0 atom stereocenters. The molecule has 108 valence electrons. The van der Waals surface area contributed by atoms with Crippen LogP contribution in [0.1, 0.15) is 17.5 Å². The first kappa shape index (κ1) is 15.0. The molecule has 0 aromatic heterocycles. The number of aliphatic hydroxyl groups is 1. The van der Waals surface area contributed by atoms with Crippen molar-refractivity contribution in [3.8, 4) is 6.07 Å². The highest BCUT2D eigenvalue weighted by Crippen LogP contribution is 2.19. The first-order valence-corrected chi connectivity index (χ1v) is 6.84. The van der Waals surface area contributed by atoms with Gasteiger partial charge >= 0.3 is 0 Å². The number of nitrogens with zero attached hydrogens (tertiary/aromatic N) is 2. The summed E-state index contributed by atoms with van der Waals surface area (Å²) in [6.45, 7) is 1.14. The number of para-hydroxylation sites is 1. The molecule has 2 aromatic carbocycles. The predicted molar refractivity (Wildman–Crippen MR) is 80.3 cm³/mol. The van der Waals surface area contributed by atoms with Gasteiger partial charge in [-0.25, -0.2) is 4.39 Å². The van der Waals surface area contributed by atoms with Crippen molar-refractivity contribution in [1.82, 2.24) is 0 Å². The molecule has 0 unspecified atom stereocenters. The lowest BCUT2D eigenvalue weighted by Crippen LogP contribution is -2.25. The Hall–Kier alpha value is -2.38. The van der Waals surface area contributed by atoms with Crippen LogP contribution in [0.5, 0.6) is 0 Å². The van der Waals surface area contributed by atoms with Gasteiger partial charge in [0.15, 0.2) is 0 Å². The summed E-state index contributed by atoms with van der Waals surface area (Å²) >= 11 is 0. The highest BCUT2D eigenvalue weighted by molar-refractivity contribution is 5.47. The maximum absolute atomic E-state index is 14.0. The molecule has 0 saturated carbocycles. The van der Waals surface area contributed by atoms with E-state index < -0.39 is 0 Å². The van der Waals surface area contributed by atoms with Crippen LogP contribution in [0.4, 0.5) is 10.1 Å². The van der Waals surface area contributed by atoms with Gasteiger partial charge in [-0.15, -0.1) is 0 Å². The second-order valence-electron chi connectivity index (χ2n) is 4.75. The smallest absolute Gasteiger partial charge is 0.129 e. The Morgan fingerprint density at radius 1 is 1.14 bits per heavy atom. The Kier molecular flexibility index (Phi) is 5.30. The van der Waals surface area contributed by atoms with Gasteiger partial charge in [-0.2, -0.15) is 5.26 Å². The van der Waals surface area contributed by atoms with Crippen LogP contribution in [0.2, 0.25) is 0 Å². The number of halogens is 1. The van der Waals surface area contributed by atoms with Gasteiger partial charge in [-0.3, -0.25) is 0 Å². The molecule has 0 bridgehead atoms. The molecule has 2 rings (SSSR count). The Bertz CT molecular complexity index is 622. The number of benzene rings is 2. The number of anilines is 1. The van der Waals surface area contributed by atoms with E-state index in [0.717, 1.165) is 5.69 Å². The number of rotatable bonds is 6. The summed E-state index contributed by atoms with van der Waals surface area (Å²) in [4.78, 5) is 2.01. The second kappa shape index (κ2) is 7.41. The van der Waals surface area contributed by atoms with Crippen LogP contribution in [-0.4, -0.2) is 18.3 Å². The molecule has 0 aliphatic heterocycles. The minimum absolute atomic E-state index is 0.0964. The highest BCUT2D eigenvalue weighted by Gasteiger charge is 2.10. The van der Waals surface area contributed by atoms with E-state index in [1.807, 2.05) is 41.3 Å². The molecular weight excluding hydrogens is 267 g/mol. The van der Waals surface area contributed by atoms with Crippen LogP contribution < -0.4 is 4.90 Å². The van der Waals surface area contributed by atoms with E-state index in [0.29, 0.717) is 30.6 Å². The fourth-order valence-corrected chi connectivity index (χ4v) is 2.15. The largest absolute Gasteiger partial charge is 0.396 e. The molecule has 3 nitrogen and oxygen atoms in total. The molecule has 0 aliphatic carbocycles. The molecule has 0 heterocycles. The first-order chi connectivity index (χ1) is 10.2. The van der Waals surface area contributed by atoms with Gasteiger partial charge in [-0.1, -0.05) is 24.3 Å². The summed E-state index contributed by atoms with van der Waals surface area (Å²) in [5.74, 6) is -0.376. The molecular formula is C17H17FN2O. The van der Waals surface area contributed by atoms with E-state index >= 15 is 0 Å². The predicted octanol–water partition coefficient (Wildman–Crippen LogP) is 3.09. The lowest BCUT2D eigenvalue weighted by molar-refractivity contribution is 0.289. The van der Waals surface area contributed by atoms with Crippen molar-refractivity contribution in [3.63, 3.8) is 0 Å². The van der Waals surface area contributed by atoms with E-state index in [2.05, 4.69) is 0 Å². The normalized spacial score (nSPS) is 10.1. The summed E-state index contributed by atoms with van der Waals surface area (Å²) < 4.78 is 14.0. The third kappa shape index (κ3) is 4.04. The number of hydrogen-bond donors (Lipinski definition) is 1. The van der Waals surface area contributed by atoms with Crippen LogP contribution in [0.15, 0.2) is 48.5 Å². The van der Waals surface area contributed by atoms with E-state index in [4.69, 9.17) is 10.4 Å². The highest BCUT2D eigenvalue weighted by atomic mass is 19.1. The van der Waals surface area contributed by atoms with E-state index in [9.17, 15) is 4.39 Å². The number of nitriles is 1. The molecule has 0 amide bonds. The average molecular weight is 284 g/mol. The zero-order valence-corrected chi connectivity index (χ0v) is 11.7. The molecule has 0 aliphatic rings. The third-order valence-corrected chi connectivity index (χ3v) is 3.25. The van der Waals surface area contributed by atoms with Gasteiger partial charge in [0.05, 0.1) is 11.6 Å². The van der Waals surface area contributed by atoms with E-state index in [-0.39, 0.29) is 12.4 Å². The van der Waals surface area contributed by atoms with Crippen LogP contribution >= 0.6 is 0 Å². The summed E-state index contributed by atoms with van der Waals surface area (Å²) in [5, 5.41) is 17.8. The standard InChI is InChI=1S/C17H17FN2O/c18-17-11-14(12-19)7-8-15(17)13-20(9-4-10-21)16-5-2-1-3-6-16/h1-3,5-8,11,21H,4,9-10,13H2. The number of aliphatic hydroxyl groups excluding tert-OH is 1. The van der Waals surface area contributed by atoms with Crippen molar-refractivity contribution in [1.29, 1.82) is 5.26 Å². The van der Waals surface area contributed by atoms with Crippen molar-refractivity contribution >= 4 is 5.69 Å². The van der Waals surface area contributed by atoms with Gasteiger partial charge in [-0.05, 0) is 30.7 Å². The second-order valence-corrected chi connectivity index (χ2v) is 4.75. The van der Waals surface area contributed by atoms with Crippen LogP contribution in [0.3, 0.4) is 0 Å². The molecule has 0 spiro atoms. The Balaban J connectivity index is 2.21. The zero-order chi connectivity index (χ0) is 15.1. The Morgan fingerprint density at radius 2 is 1.90 bits per heavy atom. The zero-order valence-electron chi connectivity index (χ0n) is 11.7. The van der Waals surface area contributed by atoms with E-state index in [1.165, 1.54) is 6.07 Å². The van der Waals surface area contributed by atoms with Crippen molar-refractivity contribution < 1.29 is 9.50 Å². The van der Waals surface area contributed by atoms with E-state index in [1.54, 1.807) is 12.1 Å². The van der Waals surface area contributed by atoms with Gasteiger partial charge in [0, 0.05) is 30.9 Å². The fraction of sp³-hybridized carbons (Fsp3) is 0.235. The maximum atomic E-state index is 14.0. The fourth-order valence-electron chi connectivity index (χ4n) is 2.15. The third-order valence-electron chi connectivity index (χ3n) is 3.25. The van der Waals surface area contributed by atoms with Crippen molar-refractivity contribution in [2.45, 2.75) is 13.0 Å². The minimum atomic E-state index is -0.376. The first-order valence-electron chi connectivity index (χ1n) is 6.84. The molecule has 2 aromatic rings. The van der Waals surface area contributed by atoms with Crippen molar-refractivity contribution in [3.05, 3.63) is 65.5 Å². The van der Waals surface area contributed by atoms with Crippen LogP contribution in [0, 0.1) is 17.1 Å². The van der Waals surface area contributed by atoms with Crippen LogP contribution in [0.25, 0.3) is 0 Å². The molecule has 21 heavy (non-hydrogen) atoms. The van der Waals surface area contributed by atoms with Gasteiger partial charge in [0.25, 0.3) is 0 Å². The average Bonchev–Trinajstić information content (AvgIpc) is 2.53. The maximum Gasteiger partial charge on any atom is 0.129 e. The van der Waals surface area contributed by atoms with Gasteiger partial charge in [0.2, 0.25) is 0 Å². The molecule has 4 heteroatoms. The summed E-state index contributed by atoms with van der Waals surface area (Å²) in [5.41, 5.74) is 1.84. The molecule has 0 fully saturated rings. The van der Waals surface area contributed by atoms with Gasteiger partial charge in [0.1, 0.15) is 5.82 Å². The lowest BCUT2D eigenvalue weighted by atomic mass is 10.1. The Morgan fingerprint density at radius 3 is 2.52 bits per heavy atom. The molecule has 0 radical (unpaired) electrons. The van der Waals surface area contributed by atoms with Crippen molar-refractivity contribution in [2.75, 3.05) is 18.1 Å². The minimum Gasteiger partial charge on any atom is -0.396 e. The summed E-state index contributed by atoms with van der Waals surface area (Å²) in [7, 11) is 0. The summed E-state index contributed by atoms with van der Waals surface area (Å²) in [6.07, 6.45) is 0.618. The molecule has 0 saturated heterocycles. The molecule has 1 N–H and O–H groups in total. The SMILES string of the molecule is N#Cc1ccc(CN(CCCO)c2ccccc2)c(F)c1. The van der Waals surface area contributed by atoms with Gasteiger partial charge < -0.3 is 10.0 Å². The monoisotopic (exact) mass is 284 g/mol. The van der Waals surface area contributed by atoms with Crippen molar-refractivity contribution in [2.24, 2.45) is 0 Å². The Labute approximate surface area is 123 Å². The lowest BCUT2D eigenvalue weighted by Gasteiger charge is -2.25.